The first kappa shape index (κ1) is 29.0. The van der Waals surface area contributed by atoms with Gasteiger partial charge in [-0.2, -0.15) is 0 Å². The van der Waals surface area contributed by atoms with Gasteiger partial charge in [0.15, 0.2) is 17.3 Å². The van der Waals surface area contributed by atoms with E-state index in [-0.39, 0.29) is 71.9 Å². The van der Waals surface area contributed by atoms with E-state index in [2.05, 4.69) is 0 Å². The normalized spacial score (nSPS) is 10.9. The number of allylic oxidation sites excluding steroid dienone is 6. The third-order valence-electron chi connectivity index (χ3n) is 1.22. The summed E-state index contributed by atoms with van der Waals surface area (Å²) in [6, 6.07) is 0. The Hall–Kier alpha value is -1.12. The average molecular weight is 465 g/mol. The van der Waals surface area contributed by atoms with Gasteiger partial charge >= 0.3 is 37.3 Å². The molecule has 0 aliphatic carbocycles. The Balaban J connectivity index is -0.000000108. The fourth-order valence-corrected chi connectivity index (χ4v) is 0.859. The molecule has 0 atom stereocenters. The molecular weight excluding hydrogens is 443 g/mol. The second-order valence-electron chi connectivity index (χ2n) is 4.10. The molecule has 0 aliphatic rings. The SMILES string of the molecule is CC(=O)/C=C(/C)[O-].CC(=O)/C=C(/C)[O-].CC(=O)/C=C(/C)[O-].[Er+3]. The van der Waals surface area contributed by atoms with Gasteiger partial charge in [0.2, 0.25) is 0 Å². The summed E-state index contributed by atoms with van der Waals surface area (Å²) in [4.78, 5) is 29.9. The van der Waals surface area contributed by atoms with Crippen molar-refractivity contribution >= 4 is 17.3 Å². The van der Waals surface area contributed by atoms with Crippen molar-refractivity contribution in [1.82, 2.24) is 0 Å². The molecule has 6 nitrogen and oxygen atoms in total. The predicted molar refractivity (Wildman–Crippen MR) is 73.3 cm³/mol. The molecule has 7 heteroatoms. The standard InChI is InChI=1S/3C5H8O2.Er/c3*1-4(6)3-5(2)7;/h3*3,6H,1-2H3;/q;;;+3/p-3/b3*4-3-;. The Kier molecular flexibility index (Phi) is 23.6. The number of ketones is 3. The molecule has 0 saturated carbocycles. The Morgan fingerprint density at radius 2 is 0.682 bits per heavy atom. The van der Waals surface area contributed by atoms with E-state index >= 15 is 0 Å². The molecule has 0 unspecified atom stereocenters. The topological polar surface area (TPSA) is 120 Å². The van der Waals surface area contributed by atoms with Gasteiger partial charge in [-0.1, -0.05) is 20.8 Å². The molecule has 1 radical (unpaired) electrons. The van der Waals surface area contributed by atoms with Crippen molar-refractivity contribution in [1.29, 1.82) is 0 Å². The van der Waals surface area contributed by atoms with E-state index in [1.165, 1.54) is 41.5 Å². The van der Waals surface area contributed by atoms with E-state index in [4.69, 9.17) is 0 Å². The summed E-state index contributed by atoms with van der Waals surface area (Å²) >= 11 is 0. The van der Waals surface area contributed by atoms with E-state index in [1.54, 1.807) is 0 Å². The average Bonchev–Trinajstić information content (AvgIpc) is 2.10. The first-order chi connectivity index (χ1) is 9.38. The van der Waals surface area contributed by atoms with Crippen LogP contribution in [-0.2, 0) is 14.4 Å². The quantitative estimate of drug-likeness (QED) is 0.411. The van der Waals surface area contributed by atoms with Gasteiger partial charge in [0.1, 0.15) is 0 Å². The van der Waals surface area contributed by atoms with Crippen molar-refractivity contribution in [3.8, 4) is 0 Å². The molecule has 0 bridgehead atoms. The zero-order valence-electron chi connectivity index (χ0n) is 13.5. The van der Waals surface area contributed by atoms with Crippen LogP contribution in [0, 0.1) is 37.3 Å². The molecule has 0 spiro atoms. The van der Waals surface area contributed by atoms with E-state index in [0.717, 1.165) is 18.2 Å². The van der Waals surface area contributed by atoms with Gasteiger partial charge in [-0.15, -0.1) is 17.3 Å². The Bertz CT molecular complexity index is 368. The van der Waals surface area contributed by atoms with Crippen molar-refractivity contribution < 1.29 is 67.0 Å². The maximum Gasteiger partial charge on any atom is 3.00 e. The molecule has 0 fully saturated rings. The maximum absolute atomic E-state index is 9.98. The summed E-state index contributed by atoms with van der Waals surface area (Å²) in [6.07, 6.45) is 3.17. The maximum atomic E-state index is 9.98. The minimum Gasteiger partial charge on any atom is -0.876 e. The van der Waals surface area contributed by atoms with Gasteiger partial charge in [-0.3, -0.25) is 14.4 Å². The fraction of sp³-hybridized carbons (Fsp3) is 0.400. The largest absolute Gasteiger partial charge is 3.00 e. The molecule has 0 saturated heterocycles. The zero-order chi connectivity index (χ0) is 17.6. The van der Waals surface area contributed by atoms with Crippen LogP contribution in [0.5, 0.6) is 0 Å². The molecule has 0 amide bonds. The molecule has 0 N–H and O–H groups in total. The molecule has 129 valence electrons. The molecule has 0 aromatic carbocycles. The van der Waals surface area contributed by atoms with Crippen LogP contribution in [0.25, 0.3) is 0 Å². The van der Waals surface area contributed by atoms with Crippen molar-refractivity contribution in [3.05, 3.63) is 35.5 Å². The van der Waals surface area contributed by atoms with Crippen molar-refractivity contribution in [2.45, 2.75) is 41.5 Å². The summed E-state index contributed by atoms with van der Waals surface area (Å²) in [5, 5.41) is 29.9. The fourth-order valence-electron chi connectivity index (χ4n) is 0.859. The summed E-state index contributed by atoms with van der Waals surface area (Å²) in [7, 11) is 0. The third-order valence-corrected chi connectivity index (χ3v) is 1.22. The molecule has 22 heavy (non-hydrogen) atoms. The van der Waals surface area contributed by atoms with Crippen LogP contribution < -0.4 is 15.3 Å². The summed E-state index contributed by atoms with van der Waals surface area (Å²) < 4.78 is 0. The molecule has 0 rings (SSSR count). The number of carbonyl (C=O) groups is 3. The predicted octanol–water partition coefficient (Wildman–Crippen LogP) is -0.481. The van der Waals surface area contributed by atoms with Crippen molar-refractivity contribution in [3.63, 3.8) is 0 Å². The Labute approximate surface area is 160 Å². The van der Waals surface area contributed by atoms with Gasteiger partial charge in [0, 0.05) is 0 Å². The van der Waals surface area contributed by atoms with E-state index in [1.807, 2.05) is 0 Å². The summed E-state index contributed by atoms with van der Waals surface area (Å²) in [5.41, 5.74) is 0. The van der Waals surface area contributed by atoms with Gasteiger partial charge in [-0.05, 0) is 39.0 Å². The summed E-state index contributed by atoms with van der Waals surface area (Å²) in [6.45, 7) is 8.09. The number of hydrogen-bond acceptors (Lipinski definition) is 6. The zero-order valence-corrected chi connectivity index (χ0v) is 15.3. The van der Waals surface area contributed by atoms with Gasteiger partial charge in [0.05, 0.1) is 0 Å². The number of carbonyl (C=O) groups excluding carboxylic acids is 3. The van der Waals surface area contributed by atoms with Gasteiger partial charge in [0.25, 0.3) is 0 Å². The smallest absolute Gasteiger partial charge is 0.876 e. The van der Waals surface area contributed by atoms with Crippen LogP contribution in [0.3, 0.4) is 0 Å². The Morgan fingerprint density at radius 3 is 0.682 bits per heavy atom. The van der Waals surface area contributed by atoms with Crippen molar-refractivity contribution in [2.75, 3.05) is 0 Å². The molecule has 0 aromatic heterocycles. The summed E-state index contributed by atoms with van der Waals surface area (Å²) in [5.74, 6) is -1.12. The monoisotopic (exact) mass is 463 g/mol. The first-order valence-electron chi connectivity index (χ1n) is 5.96. The van der Waals surface area contributed by atoms with Crippen LogP contribution >= 0.6 is 0 Å². The molecule has 0 heterocycles. The van der Waals surface area contributed by atoms with Crippen LogP contribution in [0.15, 0.2) is 35.5 Å². The van der Waals surface area contributed by atoms with Crippen LogP contribution in [0.1, 0.15) is 41.5 Å². The molecule has 0 aromatic rings. The van der Waals surface area contributed by atoms with E-state index in [0.29, 0.717) is 0 Å². The number of rotatable bonds is 3. The van der Waals surface area contributed by atoms with E-state index in [9.17, 15) is 29.7 Å². The van der Waals surface area contributed by atoms with Gasteiger partial charge in [-0.25, -0.2) is 0 Å². The van der Waals surface area contributed by atoms with Crippen LogP contribution in [0.2, 0.25) is 0 Å². The van der Waals surface area contributed by atoms with Gasteiger partial charge < -0.3 is 15.3 Å². The second-order valence-corrected chi connectivity index (χ2v) is 4.10. The van der Waals surface area contributed by atoms with Crippen LogP contribution in [-0.4, -0.2) is 17.3 Å². The third kappa shape index (κ3) is 51.0. The van der Waals surface area contributed by atoms with Crippen molar-refractivity contribution in [2.24, 2.45) is 0 Å². The van der Waals surface area contributed by atoms with Crippen LogP contribution in [0.4, 0.5) is 0 Å². The second kappa shape index (κ2) is 17.9. The molecule has 0 aliphatic heterocycles. The first-order valence-corrected chi connectivity index (χ1v) is 5.96. The number of hydrogen-bond donors (Lipinski definition) is 0. The minimum absolute atomic E-state index is 0. The molecular formula is C15H21ErO6. The van der Waals surface area contributed by atoms with E-state index < -0.39 is 0 Å². The Morgan fingerprint density at radius 1 is 0.545 bits per heavy atom. The minimum atomic E-state index is -0.187.